The molecule has 0 fully saturated rings. The third-order valence-corrected chi connectivity index (χ3v) is 8.24. The normalized spacial score (nSPS) is 11.1. The number of nitrogens with one attached hydrogen (secondary N) is 1. The molecule has 9 heteroatoms. The Labute approximate surface area is 226 Å². The molecule has 0 bridgehead atoms. The molecule has 0 saturated heterocycles. The molecule has 38 heavy (non-hydrogen) atoms. The van der Waals surface area contributed by atoms with Crippen molar-refractivity contribution < 1.29 is 14.3 Å². The largest absolute Gasteiger partial charge is 0.497 e. The fourth-order valence-corrected chi connectivity index (χ4v) is 6.24. The lowest BCUT2D eigenvalue weighted by Gasteiger charge is -2.13. The smallest absolute Gasteiger partial charge is 0.269 e. The third kappa shape index (κ3) is 4.21. The molecule has 0 atom stereocenters. The third-order valence-electron chi connectivity index (χ3n) is 6.19. The van der Waals surface area contributed by atoms with Crippen LogP contribution in [0.25, 0.3) is 42.8 Å². The number of hydrogen-bond donors (Lipinski definition) is 2. The van der Waals surface area contributed by atoms with Crippen LogP contribution in [-0.4, -0.2) is 30.1 Å². The van der Waals surface area contributed by atoms with Crippen molar-refractivity contribution in [1.82, 2.24) is 9.97 Å². The van der Waals surface area contributed by atoms with Gasteiger partial charge in [-0.3, -0.25) is 10.1 Å². The van der Waals surface area contributed by atoms with Gasteiger partial charge in [-0.2, -0.15) is 0 Å². The Morgan fingerprint density at radius 1 is 0.868 bits per heavy atom. The van der Waals surface area contributed by atoms with Crippen molar-refractivity contribution in [2.24, 2.45) is 0 Å². The van der Waals surface area contributed by atoms with Crippen LogP contribution in [0, 0.1) is 0 Å². The van der Waals surface area contributed by atoms with Crippen LogP contribution in [0.15, 0.2) is 78.9 Å². The van der Waals surface area contributed by atoms with Crippen LogP contribution in [0.1, 0.15) is 9.67 Å². The number of fused-ring (bicyclic) bond motifs is 2. The lowest BCUT2D eigenvalue weighted by atomic mass is 9.98. The van der Waals surface area contributed by atoms with Crippen molar-refractivity contribution >= 4 is 59.8 Å². The number of methoxy groups -OCH3 is 2. The van der Waals surface area contributed by atoms with Gasteiger partial charge in [0.2, 0.25) is 0 Å². The van der Waals surface area contributed by atoms with Crippen LogP contribution in [0.4, 0.5) is 10.8 Å². The predicted molar refractivity (Wildman–Crippen MR) is 156 cm³/mol. The number of rotatable bonds is 6. The molecule has 0 radical (unpaired) electrons. The maximum atomic E-state index is 13.4. The molecule has 0 aliphatic rings. The van der Waals surface area contributed by atoms with Crippen molar-refractivity contribution in [2.75, 3.05) is 25.3 Å². The predicted octanol–water partition coefficient (Wildman–Crippen LogP) is 7.09. The highest BCUT2D eigenvalue weighted by Crippen LogP contribution is 2.45. The van der Waals surface area contributed by atoms with Gasteiger partial charge in [0, 0.05) is 22.1 Å². The molecule has 7 nitrogen and oxygen atoms in total. The first kappa shape index (κ1) is 23.9. The Kier molecular flexibility index (Phi) is 6.15. The average Bonchev–Trinajstić information content (AvgIpc) is 3.52. The van der Waals surface area contributed by atoms with Gasteiger partial charge in [-0.1, -0.05) is 53.8 Å². The zero-order valence-corrected chi connectivity index (χ0v) is 22.2. The Balaban J connectivity index is 1.53. The maximum absolute atomic E-state index is 13.4. The van der Waals surface area contributed by atoms with Crippen LogP contribution in [0.5, 0.6) is 11.5 Å². The molecule has 3 aromatic carbocycles. The number of hydrogen-bond acceptors (Lipinski definition) is 8. The molecule has 3 heterocycles. The summed E-state index contributed by atoms with van der Waals surface area (Å²) < 4.78 is 12.2. The zero-order chi connectivity index (χ0) is 26.2. The summed E-state index contributed by atoms with van der Waals surface area (Å²) >= 11 is 2.67. The van der Waals surface area contributed by atoms with Crippen molar-refractivity contribution in [1.29, 1.82) is 0 Å². The minimum Gasteiger partial charge on any atom is -0.497 e. The van der Waals surface area contributed by atoms with E-state index < -0.39 is 0 Å². The van der Waals surface area contributed by atoms with E-state index in [2.05, 4.69) is 10.3 Å². The second kappa shape index (κ2) is 9.77. The van der Waals surface area contributed by atoms with E-state index in [-0.39, 0.29) is 5.91 Å². The molecule has 1 amide bonds. The summed E-state index contributed by atoms with van der Waals surface area (Å²) in [4.78, 5) is 23.9. The van der Waals surface area contributed by atoms with Gasteiger partial charge in [0.05, 0.1) is 35.8 Å². The first-order valence-electron chi connectivity index (χ1n) is 11.7. The molecule has 3 N–H and O–H groups in total. The molecule has 188 valence electrons. The number of benzene rings is 3. The molecule has 0 saturated carbocycles. The van der Waals surface area contributed by atoms with E-state index in [1.165, 1.54) is 22.7 Å². The molecular formula is C29H22N4O3S2. The molecular weight excluding hydrogens is 516 g/mol. The Bertz CT molecular complexity index is 1780. The highest BCUT2D eigenvalue weighted by atomic mass is 32.1. The molecule has 0 aliphatic heterocycles. The number of nitrogen functional groups attached to an aromatic ring is 1. The number of thiazole rings is 1. The molecule has 0 spiro atoms. The van der Waals surface area contributed by atoms with E-state index in [4.69, 9.17) is 20.2 Å². The van der Waals surface area contributed by atoms with Crippen LogP contribution in [0.2, 0.25) is 0 Å². The standard InChI is InChI=1S/C29H22N4O3S2/c1-35-17-12-13-22(36-2)18(14-17)19-15-21(16-8-4-3-5-9-16)31-28-24(19)25(30)26(38-28)27(34)33-29-32-20-10-6-7-11-23(20)37-29/h3-15H,30H2,1-2H3,(H,32,33,34). The molecule has 6 rings (SSSR count). The van der Waals surface area contributed by atoms with E-state index in [0.29, 0.717) is 37.4 Å². The maximum Gasteiger partial charge on any atom is 0.269 e. The molecule has 6 aromatic rings. The van der Waals surface area contributed by atoms with Crippen molar-refractivity contribution in [3.05, 3.63) is 83.7 Å². The minimum atomic E-state index is -0.325. The van der Waals surface area contributed by atoms with Crippen LogP contribution in [0.3, 0.4) is 0 Å². The monoisotopic (exact) mass is 538 g/mol. The van der Waals surface area contributed by atoms with E-state index in [1.807, 2.05) is 78.9 Å². The summed E-state index contributed by atoms with van der Waals surface area (Å²) in [6.45, 7) is 0. The number of aromatic nitrogens is 2. The number of nitrogens with zero attached hydrogens (tertiary/aromatic N) is 2. The number of amides is 1. The van der Waals surface area contributed by atoms with Gasteiger partial charge >= 0.3 is 0 Å². The fourth-order valence-electron chi connectivity index (χ4n) is 4.36. The number of carbonyl (C=O) groups is 1. The summed E-state index contributed by atoms with van der Waals surface area (Å²) in [7, 11) is 3.24. The lowest BCUT2D eigenvalue weighted by Crippen LogP contribution is -2.11. The van der Waals surface area contributed by atoms with E-state index >= 15 is 0 Å². The van der Waals surface area contributed by atoms with E-state index in [1.54, 1.807) is 14.2 Å². The number of carbonyl (C=O) groups excluding carboxylic acids is 1. The summed E-state index contributed by atoms with van der Waals surface area (Å²) in [6.07, 6.45) is 0. The first-order chi connectivity index (χ1) is 18.6. The number of para-hydroxylation sites is 1. The topological polar surface area (TPSA) is 99.4 Å². The number of anilines is 2. The van der Waals surface area contributed by atoms with Crippen molar-refractivity contribution in [2.45, 2.75) is 0 Å². The van der Waals surface area contributed by atoms with E-state index in [0.717, 1.165) is 32.6 Å². The lowest BCUT2D eigenvalue weighted by molar-refractivity contribution is 0.103. The van der Waals surface area contributed by atoms with Gasteiger partial charge in [0.1, 0.15) is 21.2 Å². The van der Waals surface area contributed by atoms with Crippen molar-refractivity contribution in [3.8, 4) is 33.9 Å². The van der Waals surface area contributed by atoms with Gasteiger partial charge in [-0.15, -0.1) is 11.3 Å². The number of ether oxygens (including phenoxy) is 2. The summed E-state index contributed by atoms with van der Waals surface area (Å²) in [5.41, 5.74) is 11.2. The quantitative estimate of drug-likeness (QED) is 0.235. The molecule has 3 aromatic heterocycles. The first-order valence-corrected chi connectivity index (χ1v) is 13.4. The van der Waals surface area contributed by atoms with Crippen molar-refractivity contribution in [3.63, 3.8) is 0 Å². The average molecular weight is 539 g/mol. The van der Waals surface area contributed by atoms with Gasteiger partial charge in [-0.25, -0.2) is 9.97 Å². The Morgan fingerprint density at radius 2 is 1.66 bits per heavy atom. The minimum absolute atomic E-state index is 0.325. The van der Waals surface area contributed by atoms with Gasteiger partial charge in [-0.05, 0) is 36.4 Å². The number of thiophene rings is 1. The van der Waals surface area contributed by atoms with Crippen LogP contribution in [-0.2, 0) is 0 Å². The van der Waals surface area contributed by atoms with Gasteiger partial charge in [0.15, 0.2) is 5.13 Å². The Morgan fingerprint density at radius 3 is 2.42 bits per heavy atom. The highest BCUT2D eigenvalue weighted by Gasteiger charge is 2.24. The summed E-state index contributed by atoms with van der Waals surface area (Å²) in [5, 5.41) is 4.13. The second-order valence-electron chi connectivity index (χ2n) is 8.45. The van der Waals surface area contributed by atoms with Gasteiger partial charge in [0.25, 0.3) is 5.91 Å². The summed E-state index contributed by atoms with van der Waals surface area (Å²) in [6, 6.07) is 25.2. The van der Waals surface area contributed by atoms with E-state index in [9.17, 15) is 4.79 Å². The highest BCUT2D eigenvalue weighted by molar-refractivity contribution is 7.23. The SMILES string of the molecule is COc1ccc(OC)c(-c2cc(-c3ccccc3)nc3sc(C(=O)Nc4nc5ccccc5s4)c(N)c23)c1. The van der Waals surface area contributed by atoms with Crippen LogP contribution >= 0.6 is 22.7 Å². The zero-order valence-electron chi connectivity index (χ0n) is 20.5. The number of nitrogens with two attached hydrogens (primary N) is 1. The fraction of sp³-hybridized carbons (Fsp3) is 0.0690. The van der Waals surface area contributed by atoms with Gasteiger partial charge < -0.3 is 15.2 Å². The molecule has 0 aliphatic carbocycles. The molecule has 0 unspecified atom stereocenters. The number of pyridine rings is 1. The van der Waals surface area contributed by atoms with Crippen LogP contribution < -0.4 is 20.5 Å². The second-order valence-corrected chi connectivity index (χ2v) is 10.5. The summed E-state index contributed by atoms with van der Waals surface area (Å²) in [5.74, 6) is 1.01. The Hall–Kier alpha value is -4.47.